The second-order valence-electron chi connectivity index (χ2n) is 8.79. The van der Waals surface area contributed by atoms with E-state index in [0.29, 0.717) is 5.56 Å². The van der Waals surface area contributed by atoms with Crippen LogP contribution in [0.25, 0.3) is 5.76 Å². The van der Waals surface area contributed by atoms with Gasteiger partial charge in [-0.2, -0.15) is 0 Å². The fourth-order valence-electron chi connectivity index (χ4n) is 5.58. The van der Waals surface area contributed by atoms with Crippen LogP contribution in [0.5, 0.6) is 5.75 Å². The summed E-state index contributed by atoms with van der Waals surface area (Å²) >= 11 is 0. The van der Waals surface area contributed by atoms with Crippen molar-refractivity contribution in [3.63, 3.8) is 0 Å². The van der Waals surface area contributed by atoms with E-state index >= 15 is 0 Å². The zero-order valence-corrected chi connectivity index (χ0v) is 18.8. The van der Waals surface area contributed by atoms with E-state index < -0.39 is 75.6 Å². The maximum atomic E-state index is 13.7. The number of primary amides is 1. The van der Waals surface area contributed by atoms with Crippen LogP contribution >= 0.6 is 12.4 Å². The Kier molecular flexibility index (Phi) is 5.87. The molecule has 0 bridgehead atoms. The molecule has 178 valence electrons. The number of phenolic OH excluding ortho intramolecular Hbond substituents is 1. The Hall–Kier alpha value is -2.92. The first kappa shape index (κ1) is 24.7. The maximum absolute atomic E-state index is 13.7. The van der Waals surface area contributed by atoms with Crippen molar-refractivity contribution in [2.45, 2.75) is 30.6 Å². The number of nitrogens with two attached hydrogens (primary N) is 1. The number of fused-ring (bicyclic) bond motifs is 3. The summed E-state index contributed by atoms with van der Waals surface area (Å²) in [5.41, 5.74) is 1.47. The zero-order chi connectivity index (χ0) is 23.9. The minimum atomic E-state index is -2.89. The summed E-state index contributed by atoms with van der Waals surface area (Å²) in [6.45, 7) is 1.68. The van der Waals surface area contributed by atoms with E-state index in [4.69, 9.17) is 5.73 Å². The van der Waals surface area contributed by atoms with Gasteiger partial charge in [-0.15, -0.1) is 12.4 Å². The highest BCUT2D eigenvalue weighted by Gasteiger charge is 2.68. The largest absolute Gasteiger partial charge is 0.508 e. The molecule has 0 spiro atoms. The summed E-state index contributed by atoms with van der Waals surface area (Å²) in [6.07, 6.45) is -1.59. The average molecular weight is 481 g/mol. The van der Waals surface area contributed by atoms with Crippen molar-refractivity contribution in [3.8, 4) is 5.75 Å². The fourth-order valence-corrected chi connectivity index (χ4v) is 5.58. The van der Waals surface area contributed by atoms with Gasteiger partial charge in [-0.05, 0) is 31.6 Å². The lowest BCUT2D eigenvalue weighted by Gasteiger charge is -2.53. The number of carbonyl (C=O) groups excluding carboxylic acids is 3. The van der Waals surface area contributed by atoms with Crippen molar-refractivity contribution < 1.29 is 39.9 Å². The number of carbonyl (C=O) groups is 3. The predicted octanol–water partition coefficient (Wildman–Crippen LogP) is -0.0824. The summed E-state index contributed by atoms with van der Waals surface area (Å²) in [6, 6.07) is 3.13. The lowest BCUT2D eigenvalue weighted by molar-refractivity contribution is -0.169. The number of hydrogen-bond donors (Lipinski definition) is 6. The second kappa shape index (κ2) is 7.84. The predicted molar refractivity (Wildman–Crippen MR) is 118 cm³/mol. The van der Waals surface area contributed by atoms with Crippen LogP contribution < -0.4 is 5.73 Å². The Bertz CT molecular complexity index is 1140. The van der Waals surface area contributed by atoms with Gasteiger partial charge in [0.1, 0.15) is 22.8 Å². The number of likely N-dealkylation sites (N-methyl/N-ethyl adjacent to an activating group) is 1. The molecule has 1 fully saturated rings. The minimum absolute atomic E-state index is 0. The number of aromatic hydroxyl groups is 1. The van der Waals surface area contributed by atoms with E-state index in [1.165, 1.54) is 25.1 Å². The van der Waals surface area contributed by atoms with E-state index in [1.54, 1.807) is 19.1 Å². The number of nitrogens with zero attached hydrogens (tertiary/aromatic N) is 1. The topological polar surface area (TPSA) is 182 Å². The van der Waals surface area contributed by atoms with E-state index in [9.17, 15) is 39.9 Å². The average Bonchev–Trinajstić information content (AvgIpc) is 2.70. The van der Waals surface area contributed by atoms with Crippen molar-refractivity contribution >= 4 is 35.6 Å². The van der Waals surface area contributed by atoms with E-state index in [2.05, 4.69) is 0 Å². The number of phenols is 1. The molecule has 0 saturated heterocycles. The first-order valence-electron chi connectivity index (χ1n) is 10.0. The number of halogens is 1. The van der Waals surface area contributed by atoms with E-state index in [1.807, 2.05) is 0 Å². The highest BCUT2D eigenvalue weighted by molar-refractivity contribution is 6.24. The number of Topliss-reactive ketones (excluding diaryl/α,β-unsaturated/α-hetero) is 2. The van der Waals surface area contributed by atoms with Crippen molar-refractivity contribution in [1.29, 1.82) is 0 Å². The number of benzene rings is 1. The van der Waals surface area contributed by atoms with Crippen molar-refractivity contribution in [2.75, 3.05) is 14.1 Å². The standard InChI is InChI=1S/C22H24N2O8.ClH/c1-7-8-5-4-6-9(25)11(8)16(26)12-10(7)17(27)14-15(24(2)3)18(28)13(21(23)31)20(30)22(14,32)19(12)29;/h4-7,10,14-15,17,25-27,30,32H,1-3H3,(H2,23,31);1H/t7-,10+,14+,15-,17-,22?;/m0./s1. The Morgan fingerprint density at radius 1 is 1.15 bits per heavy atom. The zero-order valence-electron chi connectivity index (χ0n) is 18.0. The third kappa shape index (κ3) is 2.95. The highest BCUT2D eigenvalue weighted by Crippen LogP contribution is 2.55. The summed E-state index contributed by atoms with van der Waals surface area (Å²) < 4.78 is 0. The molecule has 33 heavy (non-hydrogen) atoms. The van der Waals surface area contributed by atoms with Crippen LogP contribution in [0.1, 0.15) is 24.0 Å². The quantitative estimate of drug-likeness (QED) is 0.315. The van der Waals surface area contributed by atoms with Crippen molar-refractivity contribution in [2.24, 2.45) is 17.6 Å². The lowest BCUT2D eigenvalue weighted by atomic mass is 9.54. The fraction of sp³-hybridized carbons (Fsp3) is 0.409. The summed E-state index contributed by atoms with van der Waals surface area (Å²) in [7, 11) is 2.92. The van der Waals surface area contributed by atoms with E-state index in [0.717, 1.165) is 0 Å². The van der Waals surface area contributed by atoms with Gasteiger partial charge >= 0.3 is 0 Å². The molecule has 0 aromatic heterocycles. The van der Waals surface area contributed by atoms with Crippen LogP contribution in [0.2, 0.25) is 0 Å². The monoisotopic (exact) mass is 480 g/mol. The van der Waals surface area contributed by atoms with Crippen LogP contribution in [-0.4, -0.2) is 79.7 Å². The molecule has 3 aliphatic carbocycles. The molecule has 10 nitrogen and oxygen atoms in total. The Labute approximate surface area is 195 Å². The molecule has 0 heterocycles. The molecule has 1 unspecified atom stereocenters. The first-order valence-corrected chi connectivity index (χ1v) is 10.0. The van der Waals surface area contributed by atoms with Crippen LogP contribution in [0, 0.1) is 11.8 Å². The molecule has 7 N–H and O–H groups in total. The molecule has 6 atom stereocenters. The lowest BCUT2D eigenvalue weighted by Crippen LogP contribution is -2.70. The van der Waals surface area contributed by atoms with Crippen LogP contribution in [0.15, 0.2) is 35.1 Å². The molecular weight excluding hydrogens is 456 g/mol. The minimum Gasteiger partial charge on any atom is -0.508 e. The number of aliphatic hydroxyl groups excluding tert-OH is 3. The number of aliphatic hydroxyl groups is 4. The maximum Gasteiger partial charge on any atom is 0.255 e. The molecule has 3 aliphatic rings. The first-order chi connectivity index (χ1) is 14.9. The van der Waals surface area contributed by atoms with Gasteiger partial charge in [0.25, 0.3) is 5.91 Å². The number of ketones is 2. The van der Waals surface area contributed by atoms with Crippen molar-refractivity contribution in [3.05, 3.63) is 46.2 Å². The van der Waals surface area contributed by atoms with Gasteiger partial charge in [0.05, 0.1) is 23.6 Å². The Balaban J connectivity index is 0.00000306. The molecule has 1 aromatic rings. The summed E-state index contributed by atoms with van der Waals surface area (Å²) in [5.74, 6) is -8.87. The molecule has 1 aromatic carbocycles. The SMILES string of the molecule is C[C@H]1c2cccc(O)c2C(O)=C2C(=O)C3(O)C(O)=C(C(N)=O)C(=O)[C@@H](N(C)C)[C@@H]3[C@@H](O)[C@@H]21.Cl. The molecular formula is C22H25ClN2O8. The smallest absolute Gasteiger partial charge is 0.255 e. The summed E-state index contributed by atoms with van der Waals surface area (Å²) in [5, 5.41) is 54.9. The second-order valence-corrected chi connectivity index (χ2v) is 8.79. The Morgan fingerprint density at radius 3 is 2.30 bits per heavy atom. The number of hydrogen-bond acceptors (Lipinski definition) is 9. The molecule has 0 aliphatic heterocycles. The van der Waals surface area contributed by atoms with Crippen LogP contribution in [0.3, 0.4) is 0 Å². The van der Waals surface area contributed by atoms with Crippen molar-refractivity contribution in [1.82, 2.24) is 4.90 Å². The third-order valence-corrected chi connectivity index (χ3v) is 6.99. The van der Waals surface area contributed by atoms with Gasteiger partial charge < -0.3 is 31.3 Å². The number of amides is 1. The molecule has 4 rings (SSSR count). The third-order valence-electron chi connectivity index (χ3n) is 6.99. The summed E-state index contributed by atoms with van der Waals surface area (Å²) in [4.78, 5) is 40.0. The van der Waals surface area contributed by atoms with E-state index in [-0.39, 0.29) is 23.7 Å². The number of rotatable bonds is 2. The molecule has 1 saturated carbocycles. The highest BCUT2D eigenvalue weighted by atomic mass is 35.5. The van der Waals surface area contributed by atoms with Gasteiger partial charge in [0, 0.05) is 11.5 Å². The van der Waals surface area contributed by atoms with Crippen LogP contribution in [-0.2, 0) is 14.4 Å². The van der Waals surface area contributed by atoms with Gasteiger partial charge in [0.15, 0.2) is 11.4 Å². The Morgan fingerprint density at radius 2 is 1.76 bits per heavy atom. The van der Waals surface area contributed by atoms with Gasteiger partial charge in [-0.25, -0.2) is 0 Å². The van der Waals surface area contributed by atoms with Gasteiger partial charge in [-0.1, -0.05) is 19.1 Å². The molecule has 0 radical (unpaired) electrons. The normalized spacial score (nSPS) is 33.3. The van der Waals surface area contributed by atoms with Gasteiger partial charge in [0.2, 0.25) is 5.78 Å². The molecule has 11 heteroatoms. The molecule has 1 amide bonds. The van der Waals surface area contributed by atoms with Crippen LogP contribution in [0.4, 0.5) is 0 Å². The van der Waals surface area contributed by atoms with Gasteiger partial charge in [-0.3, -0.25) is 19.3 Å².